The average Bonchev–Trinajstić information content (AvgIpc) is 2.96. The van der Waals surface area contributed by atoms with Gasteiger partial charge in [0.1, 0.15) is 11.8 Å². The lowest BCUT2D eigenvalue weighted by molar-refractivity contribution is -0.148. The van der Waals surface area contributed by atoms with Crippen LogP contribution in [0.25, 0.3) is 0 Å². The fraction of sp³-hybridized carbons (Fsp3) is 0.375. The number of hydrogen-bond acceptors (Lipinski definition) is 4. The van der Waals surface area contributed by atoms with Gasteiger partial charge in [-0.2, -0.15) is 5.10 Å². The van der Waals surface area contributed by atoms with E-state index in [1.807, 2.05) is 34.0 Å². The molecule has 116 valence electrons. The molecule has 22 heavy (non-hydrogen) atoms. The second-order valence-corrected chi connectivity index (χ2v) is 5.46. The monoisotopic (exact) mass is 301 g/mol. The van der Waals surface area contributed by atoms with E-state index in [2.05, 4.69) is 11.2 Å². The number of carbonyl (C=O) groups is 1. The van der Waals surface area contributed by atoms with Gasteiger partial charge in [0, 0.05) is 31.0 Å². The summed E-state index contributed by atoms with van der Waals surface area (Å²) in [6, 6.07) is 7.52. The Kier molecular flexibility index (Phi) is 4.11. The van der Waals surface area contributed by atoms with Crippen molar-refractivity contribution in [2.24, 2.45) is 0 Å². The molecule has 1 atom stereocenters. The number of ether oxygens (including phenoxy) is 1. The fourth-order valence-electron chi connectivity index (χ4n) is 2.77. The van der Waals surface area contributed by atoms with Crippen LogP contribution in [-0.4, -0.2) is 45.5 Å². The number of carboxylic acid groups (broad SMARTS) is 1. The number of methoxy groups -OCH3 is 1. The third-order valence-corrected chi connectivity index (χ3v) is 4.04. The molecule has 1 fully saturated rings. The van der Waals surface area contributed by atoms with E-state index in [0.29, 0.717) is 13.1 Å². The fourth-order valence-corrected chi connectivity index (χ4v) is 2.77. The summed E-state index contributed by atoms with van der Waals surface area (Å²) in [6.07, 6.45) is 4.38. The SMILES string of the molecule is COc1ccc(CN2CC[C@H]2C(=O)O)cc1Cn1cccn1. The van der Waals surface area contributed by atoms with Crippen molar-refractivity contribution in [3.63, 3.8) is 0 Å². The molecule has 6 nitrogen and oxygen atoms in total. The van der Waals surface area contributed by atoms with E-state index in [-0.39, 0.29) is 6.04 Å². The summed E-state index contributed by atoms with van der Waals surface area (Å²) in [5.41, 5.74) is 2.13. The van der Waals surface area contributed by atoms with Crippen LogP contribution in [0.3, 0.4) is 0 Å². The smallest absolute Gasteiger partial charge is 0.320 e. The van der Waals surface area contributed by atoms with Crippen LogP contribution in [0.15, 0.2) is 36.7 Å². The maximum absolute atomic E-state index is 11.1. The van der Waals surface area contributed by atoms with Crippen molar-refractivity contribution in [3.8, 4) is 5.75 Å². The standard InChI is InChI=1S/C16H19N3O3/c1-22-15-4-3-12(10-18-8-5-14(18)16(20)21)9-13(15)11-19-7-2-6-17-19/h2-4,6-7,9,14H,5,8,10-11H2,1H3,(H,20,21)/t14-/m0/s1. The highest BCUT2D eigenvalue weighted by Gasteiger charge is 2.33. The van der Waals surface area contributed by atoms with Crippen molar-refractivity contribution in [2.75, 3.05) is 13.7 Å². The molecule has 1 aromatic carbocycles. The van der Waals surface area contributed by atoms with Crippen molar-refractivity contribution in [1.29, 1.82) is 0 Å². The first-order valence-corrected chi connectivity index (χ1v) is 7.27. The number of rotatable bonds is 6. The average molecular weight is 301 g/mol. The van der Waals surface area contributed by atoms with Gasteiger partial charge in [-0.3, -0.25) is 14.4 Å². The third-order valence-electron chi connectivity index (χ3n) is 4.04. The van der Waals surface area contributed by atoms with Crippen molar-refractivity contribution in [2.45, 2.75) is 25.6 Å². The number of likely N-dealkylation sites (tertiary alicyclic amines) is 1. The summed E-state index contributed by atoms with van der Waals surface area (Å²) in [5.74, 6) is 0.0779. The van der Waals surface area contributed by atoms with Gasteiger partial charge in [0.25, 0.3) is 0 Å². The van der Waals surface area contributed by atoms with Crippen LogP contribution in [0.2, 0.25) is 0 Å². The van der Waals surface area contributed by atoms with Crippen LogP contribution in [0, 0.1) is 0 Å². The highest BCUT2D eigenvalue weighted by atomic mass is 16.5. The molecule has 0 aliphatic carbocycles. The Hall–Kier alpha value is -2.34. The van der Waals surface area contributed by atoms with E-state index in [0.717, 1.165) is 29.8 Å². The Labute approximate surface area is 128 Å². The van der Waals surface area contributed by atoms with Crippen molar-refractivity contribution in [3.05, 3.63) is 47.8 Å². The van der Waals surface area contributed by atoms with Gasteiger partial charge in [-0.05, 0) is 30.2 Å². The van der Waals surface area contributed by atoms with Crippen molar-refractivity contribution >= 4 is 5.97 Å². The minimum absolute atomic E-state index is 0.350. The quantitative estimate of drug-likeness (QED) is 0.878. The van der Waals surface area contributed by atoms with Crippen LogP contribution in [0.4, 0.5) is 0 Å². The molecule has 0 radical (unpaired) electrons. The molecule has 1 aromatic heterocycles. The Balaban J connectivity index is 1.76. The van der Waals surface area contributed by atoms with E-state index < -0.39 is 5.97 Å². The predicted octanol–water partition coefficient (Wildman–Crippen LogP) is 1.60. The molecule has 0 saturated carbocycles. The van der Waals surface area contributed by atoms with Gasteiger partial charge in [-0.25, -0.2) is 0 Å². The Morgan fingerprint density at radius 2 is 2.32 bits per heavy atom. The molecule has 0 spiro atoms. The number of aromatic nitrogens is 2. The molecule has 6 heteroatoms. The largest absolute Gasteiger partial charge is 0.496 e. The molecule has 1 N–H and O–H groups in total. The van der Waals surface area contributed by atoms with E-state index in [9.17, 15) is 4.79 Å². The molecule has 2 aromatic rings. The van der Waals surface area contributed by atoms with Crippen LogP contribution >= 0.6 is 0 Å². The van der Waals surface area contributed by atoms with E-state index in [1.165, 1.54) is 0 Å². The van der Waals surface area contributed by atoms with Crippen LogP contribution in [-0.2, 0) is 17.9 Å². The molecule has 1 aliphatic rings. The van der Waals surface area contributed by atoms with E-state index in [1.54, 1.807) is 13.3 Å². The second kappa shape index (κ2) is 6.19. The second-order valence-electron chi connectivity index (χ2n) is 5.46. The summed E-state index contributed by atoms with van der Waals surface area (Å²) >= 11 is 0. The number of carboxylic acids is 1. The summed E-state index contributed by atoms with van der Waals surface area (Å²) in [5, 5.41) is 13.3. The van der Waals surface area contributed by atoms with Gasteiger partial charge < -0.3 is 9.84 Å². The van der Waals surface area contributed by atoms with E-state index in [4.69, 9.17) is 9.84 Å². The predicted molar refractivity (Wildman–Crippen MR) is 80.8 cm³/mol. The van der Waals surface area contributed by atoms with Gasteiger partial charge in [0.15, 0.2) is 0 Å². The summed E-state index contributed by atoms with van der Waals surface area (Å²) in [7, 11) is 1.65. The Bertz CT molecular complexity index is 655. The minimum Gasteiger partial charge on any atom is -0.496 e. The summed E-state index contributed by atoms with van der Waals surface area (Å²) < 4.78 is 7.24. The molecule has 3 rings (SSSR count). The summed E-state index contributed by atoms with van der Waals surface area (Å²) in [4.78, 5) is 13.1. The van der Waals surface area contributed by atoms with Crippen LogP contribution < -0.4 is 4.74 Å². The molecular formula is C16H19N3O3. The lowest BCUT2D eigenvalue weighted by Crippen LogP contribution is -2.51. The molecular weight excluding hydrogens is 282 g/mol. The zero-order valence-electron chi connectivity index (χ0n) is 12.5. The number of benzene rings is 1. The van der Waals surface area contributed by atoms with Gasteiger partial charge in [-0.15, -0.1) is 0 Å². The molecule has 0 unspecified atom stereocenters. The summed E-state index contributed by atoms with van der Waals surface area (Å²) in [6.45, 7) is 2.11. The third kappa shape index (κ3) is 2.96. The van der Waals surface area contributed by atoms with Gasteiger partial charge >= 0.3 is 5.97 Å². The molecule has 1 aliphatic heterocycles. The normalized spacial score (nSPS) is 18.0. The first-order chi connectivity index (χ1) is 10.7. The van der Waals surface area contributed by atoms with Gasteiger partial charge in [-0.1, -0.05) is 6.07 Å². The van der Waals surface area contributed by atoms with Crippen LogP contribution in [0.1, 0.15) is 17.5 Å². The number of hydrogen-bond donors (Lipinski definition) is 1. The Morgan fingerprint density at radius 3 is 2.91 bits per heavy atom. The van der Waals surface area contributed by atoms with Gasteiger partial charge in [0.05, 0.1) is 13.7 Å². The minimum atomic E-state index is -0.739. The molecule has 1 saturated heterocycles. The topological polar surface area (TPSA) is 67.6 Å². The zero-order chi connectivity index (χ0) is 15.5. The van der Waals surface area contributed by atoms with Gasteiger partial charge in [0.2, 0.25) is 0 Å². The number of nitrogens with zero attached hydrogens (tertiary/aromatic N) is 3. The first-order valence-electron chi connectivity index (χ1n) is 7.27. The first kappa shape index (κ1) is 14.6. The maximum atomic E-state index is 11.1. The maximum Gasteiger partial charge on any atom is 0.320 e. The molecule has 0 bridgehead atoms. The molecule has 2 heterocycles. The highest BCUT2D eigenvalue weighted by molar-refractivity contribution is 5.74. The highest BCUT2D eigenvalue weighted by Crippen LogP contribution is 2.25. The van der Waals surface area contributed by atoms with Crippen LogP contribution in [0.5, 0.6) is 5.75 Å². The van der Waals surface area contributed by atoms with Crippen molar-refractivity contribution < 1.29 is 14.6 Å². The Morgan fingerprint density at radius 1 is 1.45 bits per heavy atom. The lowest BCUT2D eigenvalue weighted by atomic mass is 10.0. The zero-order valence-corrected chi connectivity index (χ0v) is 12.5. The van der Waals surface area contributed by atoms with Crippen molar-refractivity contribution in [1.82, 2.24) is 14.7 Å². The lowest BCUT2D eigenvalue weighted by Gasteiger charge is -2.38. The van der Waals surface area contributed by atoms with E-state index >= 15 is 0 Å². The molecule has 0 amide bonds. The number of aliphatic carboxylic acids is 1.